The van der Waals surface area contributed by atoms with Gasteiger partial charge in [0.15, 0.2) is 0 Å². The number of nitrogen functional groups attached to an aromatic ring is 1. The minimum Gasteiger partial charge on any atom is -0.398 e. The number of carbonyl (C=O) groups is 1. The molecular formula is C13H17FN2O. The van der Waals surface area contributed by atoms with Gasteiger partial charge >= 0.3 is 0 Å². The lowest BCUT2D eigenvalue weighted by Crippen LogP contribution is -2.33. The summed E-state index contributed by atoms with van der Waals surface area (Å²) >= 11 is 0. The average molecular weight is 236 g/mol. The first kappa shape index (κ1) is 11.9. The molecule has 0 bridgehead atoms. The van der Waals surface area contributed by atoms with Crippen molar-refractivity contribution in [1.29, 1.82) is 0 Å². The summed E-state index contributed by atoms with van der Waals surface area (Å²) in [6.07, 6.45) is 3.10. The molecule has 1 aromatic carbocycles. The summed E-state index contributed by atoms with van der Waals surface area (Å²) in [4.78, 5) is 11.9. The topological polar surface area (TPSA) is 55.1 Å². The molecule has 1 aromatic rings. The van der Waals surface area contributed by atoms with E-state index in [1.54, 1.807) is 0 Å². The molecule has 0 aromatic heterocycles. The van der Waals surface area contributed by atoms with E-state index < -0.39 is 5.82 Å². The fourth-order valence-corrected chi connectivity index (χ4v) is 2.33. The van der Waals surface area contributed by atoms with E-state index in [2.05, 4.69) is 12.2 Å². The highest BCUT2D eigenvalue weighted by Crippen LogP contribution is 2.25. The Balaban J connectivity index is 2.06. The lowest BCUT2D eigenvalue weighted by Gasteiger charge is -2.13. The highest BCUT2D eigenvalue weighted by molar-refractivity contribution is 5.99. The zero-order valence-electron chi connectivity index (χ0n) is 9.87. The van der Waals surface area contributed by atoms with E-state index in [1.807, 2.05) is 0 Å². The Morgan fingerprint density at radius 3 is 2.88 bits per heavy atom. The number of benzene rings is 1. The van der Waals surface area contributed by atoms with Crippen molar-refractivity contribution in [3.05, 3.63) is 29.6 Å². The lowest BCUT2D eigenvalue weighted by molar-refractivity contribution is 0.0938. The van der Waals surface area contributed by atoms with Crippen molar-refractivity contribution < 1.29 is 9.18 Å². The van der Waals surface area contributed by atoms with Gasteiger partial charge in [0.1, 0.15) is 5.82 Å². The summed E-state index contributed by atoms with van der Waals surface area (Å²) in [6, 6.07) is 4.05. The molecule has 2 unspecified atom stereocenters. The lowest BCUT2D eigenvalue weighted by atomic mass is 10.1. The second-order valence-electron chi connectivity index (χ2n) is 4.82. The van der Waals surface area contributed by atoms with Gasteiger partial charge in [-0.1, -0.05) is 6.92 Å². The molecule has 2 rings (SSSR count). The Morgan fingerprint density at radius 2 is 2.24 bits per heavy atom. The van der Waals surface area contributed by atoms with Gasteiger partial charge in [-0.25, -0.2) is 4.39 Å². The van der Waals surface area contributed by atoms with Crippen LogP contribution in [0.25, 0.3) is 0 Å². The van der Waals surface area contributed by atoms with E-state index in [4.69, 9.17) is 5.73 Å². The molecule has 0 aliphatic heterocycles. The fraction of sp³-hybridized carbons (Fsp3) is 0.462. The van der Waals surface area contributed by atoms with Crippen LogP contribution in [0.4, 0.5) is 10.1 Å². The van der Waals surface area contributed by atoms with Gasteiger partial charge in [0.05, 0.1) is 5.56 Å². The summed E-state index contributed by atoms with van der Waals surface area (Å²) in [7, 11) is 0. The number of amides is 1. The summed E-state index contributed by atoms with van der Waals surface area (Å²) in [5, 5.41) is 2.91. The number of carbonyl (C=O) groups excluding carboxylic acids is 1. The zero-order chi connectivity index (χ0) is 12.4. The maximum Gasteiger partial charge on any atom is 0.253 e. The maximum atomic E-state index is 13.0. The van der Waals surface area contributed by atoms with E-state index in [9.17, 15) is 9.18 Å². The number of rotatable bonds is 2. The summed E-state index contributed by atoms with van der Waals surface area (Å²) in [6.45, 7) is 2.17. The summed E-state index contributed by atoms with van der Waals surface area (Å²) < 4.78 is 13.0. The minimum absolute atomic E-state index is 0.195. The van der Waals surface area contributed by atoms with Gasteiger partial charge in [0.25, 0.3) is 5.91 Å². The molecule has 92 valence electrons. The van der Waals surface area contributed by atoms with Gasteiger partial charge in [-0.3, -0.25) is 4.79 Å². The van der Waals surface area contributed by atoms with Crippen molar-refractivity contribution in [2.75, 3.05) is 5.73 Å². The molecule has 1 saturated carbocycles. The zero-order valence-corrected chi connectivity index (χ0v) is 9.87. The molecule has 4 heteroatoms. The first-order valence-electron chi connectivity index (χ1n) is 5.92. The third-order valence-electron chi connectivity index (χ3n) is 3.29. The van der Waals surface area contributed by atoms with E-state index in [0.717, 1.165) is 19.3 Å². The number of hydrogen-bond acceptors (Lipinski definition) is 2. The van der Waals surface area contributed by atoms with Crippen LogP contribution in [0.5, 0.6) is 0 Å². The predicted octanol–water partition coefficient (Wildman–Crippen LogP) is 2.33. The maximum absolute atomic E-state index is 13.0. The van der Waals surface area contributed by atoms with Crippen molar-refractivity contribution >= 4 is 11.6 Å². The monoisotopic (exact) mass is 236 g/mol. The van der Waals surface area contributed by atoms with Crippen LogP contribution in [0.15, 0.2) is 18.2 Å². The molecule has 0 heterocycles. The molecule has 2 atom stereocenters. The number of nitrogens with two attached hydrogens (primary N) is 1. The van der Waals surface area contributed by atoms with Crippen LogP contribution < -0.4 is 11.1 Å². The molecule has 3 nitrogen and oxygen atoms in total. The molecule has 1 fully saturated rings. The second kappa shape index (κ2) is 4.73. The van der Waals surface area contributed by atoms with Gasteiger partial charge in [0.2, 0.25) is 0 Å². The molecule has 0 radical (unpaired) electrons. The largest absolute Gasteiger partial charge is 0.398 e. The van der Waals surface area contributed by atoms with Crippen molar-refractivity contribution in [3.63, 3.8) is 0 Å². The van der Waals surface area contributed by atoms with Crippen molar-refractivity contribution in [2.24, 2.45) is 5.92 Å². The molecule has 1 aliphatic rings. The standard InChI is InChI=1S/C13H17FN2O/c1-8-2-4-10(6-8)16-13(17)11-7-9(14)3-5-12(11)15/h3,5,7-8,10H,2,4,6,15H2,1H3,(H,16,17). The van der Waals surface area contributed by atoms with Crippen LogP contribution in [0.3, 0.4) is 0 Å². The second-order valence-corrected chi connectivity index (χ2v) is 4.82. The first-order chi connectivity index (χ1) is 8.06. The smallest absolute Gasteiger partial charge is 0.253 e. The molecule has 17 heavy (non-hydrogen) atoms. The van der Waals surface area contributed by atoms with E-state index >= 15 is 0 Å². The van der Waals surface area contributed by atoms with Crippen LogP contribution in [-0.4, -0.2) is 11.9 Å². The predicted molar refractivity (Wildman–Crippen MR) is 65.1 cm³/mol. The fourth-order valence-electron chi connectivity index (χ4n) is 2.33. The molecule has 3 N–H and O–H groups in total. The van der Waals surface area contributed by atoms with Crippen LogP contribution in [0.1, 0.15) is 36.5 Å². The van der Waals surface area contributed by atoms with Crippen LogP contribution in [-0.2, 0) is 0 Å². The van der Waals surface area contributed by atoms with E-state index in [-0.39, 0.29) is 17.5 Å². The molecule has 1 aliphatic carbocycles. The molecular weight excluding hydrogens is 219 g/mol. The van der Waals surface area contributed by atoms with Crippen LogP contribution >= 0.6 is 0 Å². The SMILES string of the molecule is CC1CCC(NC(=O)c2cc(F)ccc2N)C1. The minimum atomic E-state index is -0.441. The Labute approximate surface area is 100 Å². The van der Waals surface area contributed by atoms with Crippen molar-refractivity contribution in [3.8, 4) is 0 Å². The number of anilines is 1. The Morgan fingerprint density at radius 1 is 1.47 bits per heavy atom. The average Bonchev–Trinajstić information content (AvgIpc) is 2.67. The van der Waals surface area contributed by atoms with Crippen LogP contribution in [0, 0.1) is 11.7 Å². The Bertz CT molecular complexity index is 433. The molecule has 0 saturated heterocycles. The third kappa shape index (κ3) is 2.75. The van der Waals surface area contributed by atoms with E-state index in [1.165, 1.54) is 18.2 Å². The van der Waals surface area contributed by atoms with Gasteiger partial charge in [0, 0.05) is 11.7 Å². The van der Waals surface area contributed by atoms with Crippen molar-refractivity contribution in [1.82, 2.24) is 5.32 Å². The van der Waals surface area contributed by atoms with Crippen molar-refractivity contribution in [2.45, 2.75) is 32.2 Å². The van der Waals surface area contributed by atoms with Gasteiger partial charge in [-0.05, 0) is 43.4 Å². The highest BCUT2D eigenvalue weighted by Gasteiger charge is 2.23. The first-order valence-corrected chi connectivity index (χ1v) is 5.92. The third-order valence-corrected chi connectivity index (χ3v) is 3.29. The van der Waals surface area contributed by atoms with Gasteiger partial charge in [-0.15, -0.1) is 0 Å². The number of hydrogen-bond donors (Lipinski definition) is 2. The normalized spacial score (nSPS) is 23.6. The Hall–Kier alpha value is -1.58. The van der Waals surface area contributed by atoms with Gasteiger partial charge < -0.3 is 11.1 Å². The van der Waals surface area contributed by atoms with Crippen LogP contribution in [0.2, 0.25) is 0 Å². The van der Waals surface area contributed by atoms with E-state index in [0.29, 0.717) is 11.6 Å². The highest BCUT2D eigenvalue weighted by atomic mass is 19.1. The quantitative estimate of drug-likeness (QED) is 0.774. The summed E-state index contributed by atoms with van der Waals surface area (Å²) in [5.41, 5.74) is 6.21. The summed E-state index contributed by atoms with van der Waals surface area (Å²) in [5.74, 6) is -0.0737. The molecule has 1 amide bonds. The number of halogens is 1. The number of nitrogens with one attached hydrogen (secondary N) is 1. The molecule has 0 spiro atoms. The van der Waals surface area contributed by atoms with Gasteiger partial charge in [-0.2, -0.15) is 0 Å². The Kier molecular flexibility index (Phi) is 3.31.